The van der Waals surface area contributed by atoms with Crippen LogP contribution < -0.4 is 20.2 Å². The Morgan fingerprint density at radius 1 is 1.07 bits per heavy atom. The van der Waals surface area contributed by atoms with Crippen LogP contribution in [0, 0.1) is 0 Å². The lowest BCUT2D eigenvalue weighted by molar-refractivity contribution is -0.139. The van der Waals surface area contributed by atoms with E-state index in [-0.39, 0.29) is 13.3 Å². The molecule has 2 N–H and O–H groups in total. The number of carbonyl (C=O) groups excluding carboxylic acids is 2. The number of benzene rings is 2. The minimum atomic E-state index is -0.828. The van der Waals surface area contributed by atoms with E-state index in [2.05, 4.69) is 29.7 Å². The molecule has 0 fully saturated rings. The topological polar surface area (TPSA) is 89.0 Å². The van der Waals surface area contributed by atoms with E-state index in [0.29, 0.717) is 23.0 Å². The predicted octanol–water partition coefficient (Wildman–Crippen LogP) is 2.31. The fourth-order valence-corrected chi connectivity index (χ4v) is 2.49. The van der Waals surface area contributed by atoms with E-state index in [1.165, 1.54) is 11.8 Å². The van der Waals surface area contributed by atoms with Gasteiger partial charge in [0.1, 0.15) is 0 Å². The molecule has 0 unspecified atom stereocenters. The largest absolute Gasteiger partial charge is 0.454 e. The number of rotatable bonds is 5. The highest BCUT2D eigenvalue weighted by atomic mass is 16.7. The Balaban J connectivity index is 1.47. The highest BCUT2D eigenvalue weighted by Gasteiger charge is 2.14. The number of hydrazone groups is 1. The number of ether oxygens (including phenoxy) is 2. The summed E-state index contributed by atoms with van der Waals surface area (Å²) in [6.07, 6.45) is 1.43. The molecule has 0 radical (unpaired) electrons. The first kappa shape index (κ1) is 18.4. The van der Waals surface area contributed by atoms with E-state index in [1.54, 1.807) is 18.2 Å². The molecule has 0 aromatic heterocycles. The summed E-state index contributed by atoms with van der Waals surface area (Å²) in [5.74, 6) is 0.155. The van der Waals surface area contributed by atoms with Gasteiger partial charge < -0.3 is 14.8 Å². The summed E-state index contributed by atoms with van der Waals surface area (Å²) in [6, 6.07) is 13.2. The standard InChI is InChI=1S/C20H21N3O4/c1-13(2)16-6-3-14(4-7-16)10-21-19(24)20(25)23-22-11-15-5-8-17-18(9-15)27-12-26-17/h3-9,11,13H,10,12H2,1-2H3,(H,21,24)(H,23,25)/b22-11-. The zero-order valence-corrected chi connectivity index (χ0v) is 15.2. The van der Waals surface area contributed by atoms with Crippen molar-refractivity contribution in [2.45, 2.75) is 26.3 Å². The Kier molecular flexibility index (Phi) is 5.71. The summed E-state index contributed by atoms with van der Waals surface area (Å²) >= 11 is 0. The zero-order valence-electron chi connectivity index (χ0n) is 15.2. The van der Waals surface area contributed by atoms with Crippen LogP contribution >= 0.6 is 0 Å². The smallest absolute Gasteiger partial charge is 0.329 e. The van der Waals surface area contributed by atoms with Crippen molar-refractivity contribution < 1.29 is 19.1 Å². The monoisotopic (exact) mass is 367 g/mol. The number of carbonyl (C=O) groups is 2. The van der Waals surface area contributed by atoms with Gasteiger partial charge >= 0.3 is 11.8 Å². The zero-order chi connectivity index (χ0) is 19.2. The van der Waals surface area contributed by atoms with Gasteiger partial charge in [-0.2, -0.15) is 5.10 Å². The molecule has 0 saturated carbocycles. The maximum atomic E-state index is 11.9. The third kappa shape index (κ3) is 4.84. The van der Waals surface area contributed by atoms with Gasteiger partial charge in [-0.1, -0.05) is 38.1 Å². The second-order valence-corrected chi connectivity index (χ2v) is 6.39. The minimum Gasteiger partial charge on any atom is -0.454 e. The van der Waals surface area contributed by atoms with Gasteiger partial charge in [0.25, 0.3) is 0 Å². The number of nitrogens with zero attached hydrogens (tertiary/aromatic N) is 1. The van der Waals surface area contributed by atoms with Crippen LogP contribution in [-0.2, 0) is 16.1 Å². The highest BCUT2D eigenvalue weighted by molar-refractivity contribution is 6.35. The lowest BCUT2D eigenvalue weighted by Crippen LogP contribution is -2.37. The fourth-order valence-electron chi connectivity index (χ4n) is 2.49. The molecule has 27 heavy (non-hydrogen) atoms. The molecular weight excluding hydrogens is 346 g/mol. The van der Waals surface area contributed by atoms with Gasteiger partial charge in [0.05, 0.1) is 6.21 Å². The van der Waals surface area contributed by atoms with E-state index < -0.39 is 11.8 Å². The first-order valence-corrected chi connectivity index (χ1v) is 8.62. The summed E-state index contributed by atoms with van der Waals surface area (Å²) in [5, 5.41) is 6.36. The van der Waals surface area contributed by atoms with Gasteiger partial charge in [-0.3, -0.25) is 9.59 Å². The first-order valence-electron chi connectivity index (χ1n) is 8.62. The lowest BCUT2D eigenvalue weighted by Gasteiger charge is -2.07. The molecule has 1 heterocycles. The van der Waals surface area contributed by atoms with Crippen molar-refractivity contribution in [3.63, 3.8) is 0 Å². The molecule has 3 rings (SSSR count). The van der Waals surface area contributed by atoms with Crippen LogP contribution in [0.2, 0.25) is 0 Å². The Morgan fingerprint density at radius 2 is 1.81 bits per heavy atom. The minimum absolute atomic E-state index is 0.188. The van der Waals surface area contributed by atoms with Crippen LogP contribution in [0.25, 0.3) is 0 Å². The second-order valence-electron chi connectivity index (χ2n) is 6.39. The molecular formula is C20H21N3O4. The predicted molar refractivity (Wildman–Crippen MR) is 101 cm³/mol. The van der Waals surface area contributed by atoms with Gasteiger partial charge in [0.15, 0.2) is 11.5 Å². The van der Waals surface area contributed by atoms with Crippen LogP contribution in [-0.4, -0.2) is 24.8 Å². The SMILES string of the molecule is CC(C)c1ccc(CNC(=O)C(=O)N/N=C\c2ccc3c(c2)OCO3)cc1. The third-order valence-electron chi connectivity index (χ3n) is 4.08. The van der Waals surface area contributed by atoms with Crippen molar-refractivity contribution in [1.82, 2.24) is 10.7 Å². The fraction of sp³-hybridized carbons (Fsp3) is 0.250. The molecule has 0 atom stereocenters. The van der Waals surface area contributed by atoms with Gasteiger partial charge in [-0.25, -0.2) is 5.43 Å². The number of nitrogens with one attached hydrogen (secondary N) is 2. The van der Waals surface area contributed by atoms with E-state index in [4.69, 9.17) is 9.47 Å². The van der Waals surface area contributed by atoms with Crippen molar-refractivity contribution in [3.8, 4) is 11.5 Å². The Hall–Kier alpha value is -3.35. The Bertz CT molecular complexity index is 860. The summed E-state index contributed by atoms with van der Waals surface area (Å²) in [5.41, 5.74) is 5.06. The van der Waals surface area contributed by atoms with Crippen LogP contribution in [0.1, 0.15) is 36.5 Å². The maximum Gasteiger partial charge on any atom is 0.329 e. The molecule has 7 nitrogen and oxygen atoms in total. The van der Waals surface area contributed by atoms with Crippen LogP contribution in [0.3, 0.4) is 0 Å². The molecule has 1 aliphatic rings. The van der Waals surface area contributed by atoms with E-state index in [1.807, 2.05) is 24.3 Å². The molecule has 2 aromatic carbocycles. The normalized spacial score (nSPS) is 12.4. The molecule has 2 amide bonds. The van der Waals surface area contributed by atoms with Crippen molar-refractivity contribution in [3.05, 3.63) is 59.2 Å². The van der Waals surface area contributed by atoms with Gasteiger partial charge in [0, 0.05) is 6.54 Å². The van der Waals surface area contributed by atoms with Gasteiger partial charge in [-0.05, 0) is 40.8 Å². The molecule has 7 heteroatoms. The van der Waals surface area contributed by atoms with Crippen LogP contribution in [0.4, 0.5) is 0 Å². The summed E-state index contributed by atoms with van der Waals surface area (Å²) in [7, 11) is 0. The van der Waals surface area contributed by atoms with Crippen LogP contribution in [0.15, 0.2) is 47.6 Å². The van der Waals surface area contributed by atoms with E-state index >= 15 is 0 Å². The lowest BCUT2D eigenvalue weighted by atomic mass is 10.0. The Labute approximate surface area is 157 Å². The van der Waals surface area contributed by atoms with E-state index in [9.17, 15) is 9.59 Å². The summed E-state index contributed by atoms with van der Waals surface area (Å²) < 4.78 is 10.5. The summed E-state index contributed by atoms with van der Waals surface area (Å²) in [6.45, 7) is 4.69. The quantitative estimate of drug-likeness (QED) is 0.482. The molecule has 2 aromatic rings. The number of fused-ring (bicyclic) bond motifs is 1. The number of amides is 2. The number of hydrogen-bond donors (Lipinski definition) is 2. The first-order chi connectivity index (χ1) is 13.0. The average molecular weight is 367 g/mol. The van der Waals surface area contributed by atoms with Crippen molar-refractivity contribution in [1.29, 1.82) is 0 Å². The van der Waals surface area contributed by atoms with Crippen molar-refractivity contribution in [2.24, 2.45) is 5.10 Å². The molecule has 0 saturated heterocycles. The van der Waals surface area contributed by atoms with E-state index in [0.717, 1.165) is 5.56 Å². The van der Waals surface area contributed by atoms with Crippen molar-refractivity contribution >= 4 is 18.0 Å². The molecule has 0 bridgehead atoms. The third-order valence-corrected chi connectivity index (χ3v) is 4.08. The molecule has 140 valence electrons. The number of hydrogen-bond acceptors (Lipinski definition) is 5. The van der Waals surface area contributed by atoms with Crippen LogP contribution in [0.5, 0.6) is 11.5 Å². The molecule has 0 aliphatic carbocycles. The molecule has 0 spiro atoms. The van der Waals surface area contributed by atoms with Crippen molar-refractivity contribution in [2.75, 3.05) is 6.79 Å². The highest BCUT2D eigenvalue weighted by Crippen LogP contribution is 2.31. The maximum absolute atomic E-state index is 11.9. The average Bonchev–Trinajstić information content (AvgIpc) is 3.14. The summed E-state index contributed by atoms with van der Waals surface area (Å²) in [4.78, 5) is 23.7. The van der Waals surface area contributed by atoms with Gasteiger partial charge in [-0.15, -0.1) is 0 Å². The Morgan fingerprint density at radius 3 is 2.56 bits per heavy atom. The molecule has 1 aliphatic heterocycles. The second kappa shape index (κ2) is 8.35. The van der Waals surface area contributed by atoms with Gasteiger partial charge in [0.2, 0.25) is 6.79 Å².